The van der Waals surface area contributed by atoms with E-state index < -0.39 is 0 Å². The van der Waals surface area contributed by atoms with Gasteiger partial charge in [0.15, 0.2) is 5.65 Å². The summed E-state index contributed by atoms with van der Waals surface area (Å²) in [5.41, 5.74) is 3.95. The molecule has 3 heterocycles. The van der Waals surface area contributed by atoms with Gasteiger partial charge in [0, 0.05) is 25.0 Å². The number of carbonyl (C=O) groups is 1. The van der Waals surface area contributed by atoms with Gasteiger partial charge in [0.1, 0.15) is 5.75 Å². The Bertz CT molecular complexity index is 1050. The Morgan fingerprint density at radius 3 is 2.66 bits per heavy atom. The summed E-state index contributed by atoms with van der Waals surface area (Å²) in [7, 11) is 1.86. The molecular formula is C22H27N5O2. The molecule has 7 nitrogen and oxygen atoms in total. The Morgan fingerprint density at radius 1 is 1.17 bits per heavy atom. The summed E-state index contributed by atoms with van der Waals surface area (Å²) in [6.45, 7) is 5.78. The summed E-state index contributed by atoms with van der Waals surface area (Å²) in [6, 6.07) is 5.86. The van der Waals surface area contributed by atoms with Crippen LogP contribution in [0.2, 0.25) is 0 Å². The van der Waals surface area contributed by atoms with Crippen molar-refractivity contribution in [3.05, 3.63) is 47.0 Å². The van der Waals surface area contributed by atoms with Gasteiger partial charge in [-0.25, -0.2) is 4.98 Å². The van der Waals surface area contributed by atoms with Crippen molar-refractivity contribution in [2.45, 2.75) is 58.6 Å². The molecule has 0 bridgehead atoms. The van der Waals surface area contributed by atoms with Crippen molar-refractivity contribution in [2.24, 2.45) is 7.05 Å². The molecule has 1 amide bonds. The topological polar surface area (TPSA) is 81.9 Å². The quantitative estimate of drug-likeness (QED) is 0.735. The number of hydrogen-bond donors (Lipinski definition) is 1. The second-order valence-electron chi connectivity index (χ2n) is 7.87. The summed E-state index contributed by atoms with van der Waals surface area (Å²) in [6.07, 6.45) is 5.56. The van der Waals surface area contributed by atoms with E-state index in [1.54, 1.807) is 10.9 Å². The van der Waals surface area contributed by atoms with Crippen molar-refractivity contribution >= 4 is 16.9 Å². The van der Waals surface area contributed by atoms with Crippen molar-refractivity contribution in [1.29, 1.82) is 0 Å². The highest BCUT2D eigenvalue weighted by Crippen LogP contribution is 2.26. The second-order valence-corrected chi connectivity index (χ2v) is 7.87. The zero-order chi connectivity index (χ0) is 20.5. The smallest absolute Gasteiger partial charge is 0.252 e. The van der Waals surface area contributed by atoms with Crippen LogP contribution in [0.3, 0.4) is 0 Å². The van der Waals surface area contributed by atoms with Crippen molar-refractivity contribution in [2.75, 3.05) is 0 Å². The summed E-state index contributed by atoms with van der Waals surface area (Å²) >= 11 is 0. The summed E-state index contributed by atoms with van der Waals surface area (Å²) in [4.78, 5) is 21.9. The van der Waals surface area contributed by atoms with E-state index in [9.17, 15) is 4.79 Å². The lowest BCUT2D eigenvalue weighted by Crippen LogP contribution is -2.39. The van der Waals surface area contributed by atoms with E-state index in [2.05, 4.69) is 20.4 Å². The SMILES string of the molecule is Cc1cc(C(=O)NC2CCC(Oc3cccnc3C)CC2)c2c(C)nn(C)c2n1. The predicted molar refractivity (Wildman–Crippen MR) is 111 cm³/mol. The third-order valence-corrected chi connectivity index (χ3v) is 5.60. The molecule has 0 unspecified atom stereocenters. The van der Waals surface area contributed by atoms with E-state index in [-0.39, 0.29) is 18.1 Å². The summed E-state index contributed by atoms with van der Waals surface area (Å²) < 4.78 is 7.85. The molecule has 152 valence electrons. The largest absolute Gasteiger partial charge is 0.489 e. The first kappa shape index (κ1) is 19.4. The maximum absolute atomic E-state index is 13.0. The van der Waals surface area contributed by atoms with Gasteiger partial charge >= 0.3 is 0 Å². The number of pyridine rings is 2. The highest BCUT2D eigenvalue weighted by molar-refractivity contribution is 6.06. The van der Waals surface area contributed by atoms with Crippen LogP contribution in [0.5, 0.6) is 5.75 Å². The number of rotatable bonds is 4. The van der Waals surface area contributed by atoms with Gasteiger partial charge in [0.2, 0.25) is 0 Å². The minimum absolute atomic E-state index is 0.0518. The minimum Gasteiger partial charge on any atom is -0.489 e. The maximum atomic E-state index is 13.0. The van der Waals surface area contributed by atoms with Gasteiger partial charge < -0.3 is 10.1 Å². The van der Waals surface area contributed by atoms with Crippen LogP contribution < -0.4 is 10.1 Å². The first-order valence-corrected chi connectivity index (χ1v) is 10.1. The average molecular weight is 393 g/mol. The molecule has 3 aromatic rings. The highest BCUT2D eigenvalue weighted by Gasteiger charge is 2.26. The first-order valence-electron chi connectivity index (χ1n) is 10.1. The molecule has 1 N–H and O–H groups in total. The molecule has 1 aliphatic rings. The fraction of sp³-hybridized carbons (Fsp3) is 0.455. The van der Waals surface area contributed by atoms with Crippen molar-refractivity contribution in [3.63, 3.8) is 0 Å². The molecular weight excluding hydrogens is 366 g/mol. The molecule has 3 aromatic heterocycles. The van der Waals surface area contributed by atoms with Crippen molar-refractivity contribution < 1.29 is 9.53 Å². The van der Waals surface area contributed by atoms with Gasteiger partial charge in [-0.3, -0.25) is 14.5 Å². The molecule has 29 heavy (non-hydrogen) atoms. The molecule has 0 radical (unpaired) electrons. The average Bonchev–Trinajstić information content (AvgIpc) is 2.98. The molecule has 4 rings (SSSR count). The third kappa shape index (κ3) is 3.95. The number of fused-ring (bicyclic) bond motifs is 1. The minimum atomic E-state index is -0.0518. The number of amides is 1. The molecule has 7 heteroatoms. The van der Waals surface area contributed by atoms with Crippen LogP contribution in [-0.4, -0.2) is 37.8 Å². The molecule has 0 spiro atoms. The van der Waals surface area contributed by atoms with Gasteiger partial charge in [-0.15, -0.1) is 0 Å². The van der Waals surface area contributed by atoms with Gasteiger partial charge in [0.05, 0.1) is 28.4 Å². The number of carbonyl (C=O) groups excluding carboxylic acids is 1. The van der Waals surface area contributed by atoms with Gasteiger partial charge in [-0.1, -0.05) is 0 Å². The zero-order valence-electron chi connectivity index (χ0n) is 17.4. The number of nitrogens with zero attached hydrogens (tertiary/aromatic N) is 4. The van der Waals surface area contributed by atoms with E-state index >= 15 is 0 Å². The van der Waals surface area contributed by atoms with Gasteiger partial charge in [0.25, 0.3) is 5.91 Å². The predicted octanol–water partition coefficient (Wildman–Crippen LogP) is 3.41. The molecule has 1 saturated carbocycles. The number of aryl methyl sites for hydroxylation is 4. The third-order valence-electron chi connectivity index (χ3n) is 5.60. The molecule has 0 aromatic carbocycles. The Balaban J connectivity index is 1.42. The Morgan fingerprint density at radius 2 is 1.93 bits per heavy atom. The zero-order valence-corrected chi connectivity index (χ0v) is 17.4. The number of hydrogen-bond acceptors (Lipinski definition) is 5. The second kappa shape index (κ2) is 7.81. The Hall–Kier alpha value is -2.96. The fourth-order valence-corrected chi connectivity index (χ4v) is 4.11. The van der Waals surface area contributed by atoms with E-state index in [0.717, 1.165) is 59.5 Å². The number of aromatic nitrogens is 4. The number of ether oxygens (including phenoxy) is 1. The van der Waals surface area contributed by atoms with Crippen LogP contribution in [0.1, 0.15) is 53.1 Å². The Labute approximate surface area is 170 Å². The van der Waals surface area contributed by atoms with Crippen molar-refractivity contribution in [1.82, 2.24) is 25.1 Å². The lowest BCUT2D eigenvalue weighted by molar-refractivity contribution is 0.0894. The molecule has 1 fully saturated rings. The highest BCUT2D eigenvalue weighted by atomic mass is 16.5. The van der Waals surface area contributed by atoms with Crippen LogP contribution in [0.4, 0.5) is 0 Å². The number of nitrogens with one attached hydrogen (secondary N) is 1. The molecule has 0 aliphatic heterocycles. The van der Waals surface area contributed by atoms with Crippen LogP contribution in [0.25, 0.3) is 11.0 Å². The fourth-order valence-electron chi connectivity index (χ4n) is 4.11. The standard InChI is InChI=1S/C22H27N5O2/c1-13-12-18(20-15(3)26-27(4)21(20)24-13)22(28)25-16-7-9-17(10-8-16)29-19-6-5-11-23-14(19)2/h5-6,11-12,16-17H,7-10H2,1-4H3,(H,25,28). The van der Waals surface area contributed by atoms with Crippen LogP contribution in [-0.2, 0) is 7.05 Å². The Kier molecular flexibility index (Phi) is 5.22. The molecule has 0 saturated heterocycles. The van der Waals surface area contributed by atoms with E-state index in [1.165, 1.54) is 0 Å². The van der Waals surface area contributed by atoms with Crippen LogP contribution >= 0.6 is 0 Å². The monoisotopic (exact) mass is 393 g/mol. The summed E-state index contributed by atoms with van der Waals surface area (Å²) in [5, 5.41) is 8.48. The van der Waals surface area contributed by atoms with Crippen LogP contribution in [0, 0.1) is 20.8 Å². The summed E-state index contributed by atoms with van der Waals surface area (Å²) in [5.74, 6) is 0.797. The van der Waals surface area contributed by atoms with Crippen LogP contribution in [0.15, 0.2) is 24.4 Å². The van der Waals surface area contributed by atoms with Crippen molar-refractivity contribution in [3.8, 4) is 5.75 Å². The van der Waals surface area contributed by atoms with E-state index in [0.29, 0.717) is 5.56 Å². The van der Waals surface area contributed by atoms with Gasteiger partial charge in [-0.05, 0) is 64.7 Å². The maximum Gasteiger partial charge on any atom is 0.252 e. The van der Waals surface area contributed by atoms with E-state index in [1.807, 2.05) is 46.0 Å². The van der Waals surface area contributed by atoms with E-state index in [4.69, 9.17) is 4.74 Å². The first-order chi connectivity index (χ1) is 13.9. The molecule has 1 aliphatic carbocycles. The molecule has 0 atom stereocenters. The normalized spacial score (nSPS) is 19.3. The van der Waals surface area contributed by atoms with Gasteiger partial charge in [-0.2, -0.15) is 5.10 Å². The lowest BCUT2D eigenvalue weighted by atomic mass is 9.92. The lowest BCUT2D eigenvalue weighted by Gasteiger charge is -2.29.